The predicted molar refractivity (Wildman–Crippen MR) is 120 cm³/mol. The second-order valence-corrected chi connectivity index (χ2v) is 8.15. The quantitative estimate of drug-likeness (QED) is 0.474. The topological polar surface area (TPSA) is 60.9 Å². The van der Waals surface area contributed by atoms with Crippen molar-refractivity contribution in [2.24, 2.45) is 0 Å². The third-order valence-corrected chi connectivity index (χ3v) is 5.66. The van der Waals surface area contributed by atoms with Gasteiger partial charge >= 0.3 is 0 Å². The van der Waals surface area contributed by atoms with Crippen LogP contribution in [-0.2, 0) is 17.9 Å². The molecule has 3 aromatic rings. The molecule has 1 amide bonds. The summed E-state index contributed by atoms with van der Waals surface area (Å²) in [5, 5.41) is 3.02. The van der Waals surface area contributed by atoms with Crippen molar-refractivity contribution < 1.29 is 19.0 Å². The van der Waals surface area contributed by atoms with Gasteiger partial charge in [-0.15, -0.1) is 11.3 Å². The smallest absolute Gasteiger partial charge is 0.246 e. The highest BCUT2D eigenvalue weighted by atomic mass is 32.1. The Morgan fingerprint density at radius 3 is 2.90 bits per heavy atom. The molecule has 1 aliphatic rings. The predicted octanol–water partition coefficient (Wildman–Crippen LogP) is 4.82. The molecule has 160 valence electrons. The first kappa shape index (κ1) is 20.9. The first-order chi connectivity index (χ1) is 15.1. The highest BCUT2D eigenvalue weighted by molar-refractivity contribution is 7.09. The zero-order chi connectivity index (χ0) is 21.6. The Kier molecular flexibility index (Phi) is 6.52. The molecule has 1 aliphatic heterocycles. The Hall–Kier alpha value is -3.32. The van der Waals surface area contributed by atoms with E-state index in [1.165, 1.54) is 0 Å². The number of ether oxygens (including phenoxy) is 3. The molecule has 0 spiro atoms. The van der Waals surface area contributed by atoms with Crippen molar-refractivity contribution in [3.05, 3.63) is 75.7 Å². The van der Waals surface area contributed by atoms with Crippen molar-refractivity contribution in [1.29, 1.82) is 0 Å². The van der Waals surface area contributed by atoms with Gasteiger partial charge < -0.3 is 19.1 Å². The van der Waals surface area contributed by atoms with Gasteiger partial charge in [-0.3, -0.25) is 4.79 Å². The lowest BCUT2D eigenvalue weighted by atomic mass is 10.1. The Bertz CT molecular complexity index is 1090. The second-order valence-electron chi connectivity index (χ2n) is 7.09. The fourth-order valence-corrected chi connectivity index (χ4v) is 3.82. The summed E-state index contributed by atoms with van der Waals surface area (Å²) >= 11 is 1.61. The lowest BCUT2D eigenvalue weighted by Gasteiger charge is -2.19. The summed E-state index contributed by atoms with van der Waals surface area (Å²) in [7, 11) is 0. The molecule has 2 heterocycles. The Labute approximate surface area is 185 Å². The Morgan fingerprint density at radius 2 is 2.10 bits per heavy atom. The number of aromatic nitrogens is 1. The average Bonchev–Trinajstić information content (AvgIpc) is 3.42. The first-order valence-corrected chi connectivity index (χ1v) is 11.0. The van der Waals surface area contributed by atoms with Crippen LogP contribution in [0.4, 0.5) is 0 Å². The van der Waals surface area contributed by atoms with Crippen molar-refractivity contribution in [3.63, 3.8) is 0 Å². The average molecular weight is 437 g/mol. The van der Waals surface area contributed by atoms with Crippen LogP contribution >= 0.6 is 11.3 Å². The van der Waals surface area contributed by atoms with Crippen molar-refractivity contribution >= 4 is 23.3 Å². The highest BCUT2D eigenvalue weighted by Crippen LogP contribution is 2.32. The number of hydrogen-bond donors (Lipinski definition) is 0. The maximum atomic E-state index is 12.7. The number of rotatable bonds is 8. The molecule has 6 nitrogen and oxygen atoms in total. The third-order valence-electron chi connectivity index (χ3n) is 4.83. The molecule has 0 N–H and O–H groups in total. The number of carbonyl (C=O) groups is 1. The summed E-state index contributed by atoms with van der Waals surface area (Å²) in [4.78, 5) is 18.9. The number of nitrogens with zero attached hydrogens (tertiary/aromatic N) is 2. The fourth-order valence-electron chi connectivity index (χ4n) is 3.22. The van der Waals surface area contributed by atoms with E-state index in [0.29, 0.717) is 19.7 Å². The van der Waals surface area contributed by atoms with Crippen LogP contribution in [0.3, 0.4) is 0 Å². The van der Waals surface area contributed by atoms with Gasteiger partial charge in [0.15, 0.2) is 11.5 Å². The molecule has 4 rings (SSSR count). The van der Waals surface area contributed by atoms with Crippen LogP contribution in [0.15, 0.2) is 53.9 Å². The summed E-state index contributed by atoms with van der Waals surface area (Å²) in [6.07, 6.45) is 3.41. The van der Waals surface area contributed by atoms with Gasteiger partial charge in [-0.05, 0) is 55.3 Å². The molecular weight excluding hydrogens is 412 g/mol. The molecule has 0 saturated heterocycles. The third kappa shape index (κ3) is 5.44. The van der Waals surface area contributed by atoms with Gasteiger partial charge in [0, 0.05) is 24.5 Å². The van der Waals surface area contributed by atoms with Crippen LogP contribution < -0.4 is 14.2 Å². The van der Waals surface area contributed by atoms with Crippen LogP contribution in [0.25, 0.3) is 6.08 Å². The molecular formula is C24H24N2O4S. The first-order valence-electron chi connectivity index (χ1n) is 10.1. The van der Waals surface area contributed by atoms with Crippen LogP contribution in [0, 0.1) is 6.92 Å². The fraction of sp³-hybridized carbons (Fsp3) is 0.250. The maximum Gasteiger partial charge on any atom is 0.246 e. The molecule has 31 heavy (non-hydrogen) atoms. The van der Waals surface area contributed by atoms with E-state index in [0.717, 1.165) is 39.1 Å². The SMILES string of the molecule is CCN(Cc1ccc2c(c1)OCO2)C(=O)/C=C/c1cccc(OCc2csc(C)n2)c1. The number of likely N-dealkylation sites (N-methyl/N-ethyl adjacent to an activating group) is 1. The van der Waals surface area contributed by atoms with Gasteiger partial charge in [-0.25, -0.2) is 4.98 Å². The monoisotopic (exact) mass is 436 g/mol. The summed E-state index contributed by atoms with van der Waals surface area (Å²) in [5.74, 6) is 2.16. The minimum atomic E-state index is -0.0514. The Balaban J connectivity index is 1.36. The summed E-state index contributed by atoms with van der Waals surface area (Å²) < 4.78 is 16.6. The molecule has 0 atom stereocenters. The van der Waals surface area contributed by atoms with Crippen LogP contribution in [0.5, 0.6) is 17.2 Å². The molecule has 7 heteroatoms. The number of aryl methyl sites for hydroxylation is 1. The molecule has 1 aromatic heterocycles. The maximum absolute atomic E-state index is 12.7. The van der Waals surface area contributed by atoms with E-state index in [2.05, 4.69) is 4.98 Å². The molecule has 0 aliphatic carbocycles. The number of fused-ring (bicyclic) bond motifs is 1. The van der Waals surface area contributed by atoms with Gasteiger partial charge in [0.25, 0.3) is 0 Å². The normalized spacial score (nSPS) is 12.3. The number of benzene rings is 2. The van der Waals surface area contributed by atoms with E-state index < -0.39 is 0 Å². The van der Waals surface area contributed by atoms with Gasteiger partial charge in [0.2, 0.25) is 12.7 Å². The van der Waals surface area contributed by atoms with Crippen LogP contribution in [-0.4, -0.2) is 29.1 Å². The summed E-state index contributed by atoms with van der Waals surface area (Å²) in [5.41, 5.74) is 2.82. The van der Waals surface area contributed by atoms with E-state index >= 15 is 0 Å². The zero-order valence-electron chi connectivity index (χ0n) is 17.5. The number of thiazole rings is 1. The molecule has 0 unspecified atom stereocenters. The van der Waals surface area contributed by atoms with Crippen molar-refractivity contribution in [3.8, 4) is 17.2 Å². The van der Waals surface area contributed by atoms with E-state index in [-0.39, 0.29) is 12.7 Å². The zero-order valence-corrected chi connectivity index (χ0v) is 18.4. The molecule has 2 aromatic carbocycles. The largest absolute Gasteiger partial charge is 0.487 e. The van der Waals surface area contributed by atoms with Gasteiger partial charge in [-0.2, -0.15) is 0 Å². The lowest BCUT2D eigenvalue weighted by Crippen LogP contribution is -2.28. The number of amides is 1. The molecule has 0 bridgehead atoms. The highest BCUT2D eigenvalue weighted by Gasteiger charge is 2.15. The molecule has 0 fully saturated rings. The Morgan fingerprint density at radius 1 is 1.23 bits per heavy atom. The van der Waals surface area contributed by atoms with Crippen LogP contribution in [0.1, 0.15) is 28.8 Å². The van der Waals surface area contributed by atoms with Gasteiger partial charge in [0.05, 0.1) is 10.7 Å². The van der Waals surface area contributed by atoms with Crippen LogP contribution in [0.2, 0.25) is 0 Å². The van der Waals surface area contributed by atoms with Gasteiger partial charge in [-0.1, -0.05) is 18.2 Å². The lowest BCUT2D eigenvalue weighted by molar-refractivity contribution is -0.126. The van der Waals surface area contributed by atoms with Crippen molar-refractivity contribution in [2.45, 2.75) is 27.0 Å². The minimum Gasteiger partial charge on any atom is -0.487 e. The standard InChI is InChI=1S/C24H24N2O4S/c1-3-26(13-19-7-9-22-23(12-19)30-16-29-22)24(27)10-8-18-5-4-6-21(11-18)28-14-20-15-31-17(2)25-20/h4-12,15H,3,13-14,16H2,1-2H3/b10-8+. The molecule has 0 saturated carbocycles. The number of carbonyl (C=O) groups excluding carboxylic acids is 1. The number of hydrogen-bond acceptors (Lipinski definition) is 6. The van der Waals surface area contributed by atoms with E-state index in [4.69, 9.17) is 14.2 Å². The minimum absolute atomic E-state index is 0.0514. The molecule has 0 radical (unpaired) electrons. The van der Waals surface area contributed by atoms with Crippen molar-refractivity contribution in [2.75, 3.05) is 13.3 Å². The van der Waals surface area contributed by atoms with E-state index in [9.17, 15) is 4.79 Å². The van der Waals surface area contributed by atoms with Crippen molar-refractivity contribution in [1.82, 2.24) is 9.88 Å². The summed E-state index contributed by atoms with van der Waals surface area (Å²) in [6, 6.07) is 13.4. The van der Waals surface area contributed by atoms with E-state index in [1.54, 1.807) is 22.3 Å². The second kappa shape index (κ2) is 9.66. The van der Waals surface area contributed by atoms with E-state index in [1.807, 2.05) is 67.8 Å². The summed E-state index contributed by atoms with van der Waals surface area (Å²) in [6.45, 7) is 5.72. The van der Waals surface area contributed by atoms with Gasteiger partial charge in [0.1, 0.15) is 12.4 Å².